The van der Waals surface area contributed by atoms with Crippen molar-refractivity contribution < 1.29 is 9.53 Å². The molecule has 1 amide bonds. The van der Waals surface area contributed by atoms with Crippen molar-refractivity contribution in [3.8, 4) is 5.75 Å². The van der Waals surface area contributed by atoms with Crippen LogP contribution >= 0.6 is 0 Å². The second-order valence-corrected chi connectivity index (χ2v) is 5.63. The van der Waals surface area contributed by atoms with Crippen molar-refractivity contribution in [1.82, 2.24) is 10.3 Å². The van der Waals surface area contributed by atoms with Crippen molar-refractivity contribution in [3.05, 3.63) is 59.4 Å². The number of hydrogen-bond donors (Lipinski definition) is 1. The second-order valence-electron chi connectivity index (χ2n) is 5.63. The minimum Gasteiger partial charge on any atom is -0.496 e. The van der Waals surface area contributed by atoms with Crippen molar-refractivity contribution in [1.29, 1.82) is 0 Å². The van der Waals surface area contributed by atoms with Gasteiger partial charge in [0.2, 0.25) is 0 Å². The number of nitrogens with one attached hydrogen (secondary N) is 1. The number of pyridine rings is 1. The van der Waals surface area contributed by atoms with E-state index in [1.807, 2.05) is 30.3 Å². The van der Waals surface area contributed by atoms with Gasteiger partial charge in [0.25, 0.3) is 5.91 Å². The molecule has 0 atom stereocenters. The molecule has 0 spiro atoms. The summed E-state index contributed by atoms with van der Waals surface area (Å²) in [4.78, 5) is 16.6. The highest BCUT2D eigenvalue weighted by Crippen LogP contribution is 2.21. The first kappa shape index (κ1) is 14.6. The molecule has 3 rings (SSSR count). The van der Waals surface area contributed by atoms with Crippen LogP contribution < -0.4 is 10.1 Å². The predicted molar refractivity (Wildman–Crippen MR) is 85.1 cm³/mol. The molecule has 0 bridgehead atoms. The van der Waals surface area contributed by atoms with Gasteiger partial charge in [-0.3, -0.25) is 9.78 Å². The first-order chi connectivity index (χ1) is 10.8. The van der Waals surface area contributed by atoms with Crippen LogP contribution in [0.15, 0.2) is 42.6 Å². The number of hydrogen-bond acceptors (Lipinski definition) is 3. The number of ether oxygens (including phenoxy) is 1. The van der Waals surface area contributed by atoms with Crippen LogP contribution in [0, 0.1) is 0 Å². The molecule has 4 heteroatoms. The van der Waals surface area contributed by atoms with Crippen LogP contribution in [0.2, 0.25) is 0 Å². The van der Waals surface area contributed by atoms with E-state index in [0.717, 1.165) is 29.8 Å². The van der Waals surface area contributed by atoms with Crippen molar-refractivity contribution in [2.24, 2.45) is 0 Å². The Balaban J connectivity index is 1.74. The topological polar surface area (TPSA) is 51.2 Å². The van der Waals surface area contributed by atoms with Crippen molar-refractivity contribution in [2.75, 3.05) is 7.11 Å². The zero-order valence-electron chi connectivity index (χ0n) is 12.7. The SMILES string of the molecule is COc1ccccc1Cc1cc(C(=O)NC2CCC2)ccn1. The van der Waals surface area contributed by atoms with Gasteiger partial charge < -0.3 is 10.1 Å². The number of rotatable bonds is 5. The lowest BCUT2D eigenvalue weighted by Gasteiger charge is -2.26. The highest BCUT2D eigenvalue weighted by atomic mass is 16.5. The fourth-order valence-electron chi connectivity index (χ4n) is 2.58. The third-order valence-electron chi connectivity index (χ3n) is 4.08. The summed E-state index contributed by atoms with van der Waals surface area (Å²) in [6, 6.07) is 11.8. The summed E-state index contributed by atoms with van der Waals surface area (Å²) in [7, 11) is 1.66. The van der Waals surface area contributed by atoms with Crippen LogP contribution in [0.4, 0.5) is 0 Å². The van der Waals surface area contributed by atoms with Gasteiger partial charge in [0.05, 0.1) is 7.11 Å². The van der Waals surface area contributed by atoms with Gasteiger partial charge >= 0.3 is 0 Å². The molecule has 1 heterocycles. The molecule has 1 N–H and O–H groups in total. The number of benzene rings is 1. The Labute approximate surface area is 130 Å². The summed E-state index contributed by atoms with van der Waals surface area (Å²) in [5, 5.41) is 3.05. The largest absolute Gasteiger partial charge is 0.496 e. The fraction of sp³-hybridized carbons (Fsp3) is 0.333. The van der Waals surface area contributed by atoms with E-state index in [1.54, 1.807) is 19.4 Å². The molecule has 0 aliphatic heterocycles. The third-order valence-corrected chi connectivity index (χ3v) is 4.08. The Bertz CT molecular complexity index is 666. The standard InChI is InChI=1S/C18H20N2O2/c1-22-17-8-3-2-5-13(17)11-16-12-14(9-10-19-16)18(21)20-15-6-4-7-15/h2-3,5,8-10,12,15H,4,6-7,11H2,1H3,(H,20,21). The van der Waals surface area contributed by atoms with Gasteiger partial charge in [-0.15, -0.1) is 0 Å². The molecule has 0 radical (unpaired) electrons. The van der Waals surface area contributed by atoms with Crippen LogP contribution in [-0.4, -0.2) is 24.0 Å². The van der Waals surface area contributed by atoms with E-state index < -0.39 is 0 Å². The minimum absolute atomic E-state index is 0.00613. The van der Waals surface area contributed by atoms with Gasteiger partial charge in [0.1, 0.15) is 5.75 Å². The maximum Gasteiger partial charge on any atom is 0.251 e. The third kappa shape index (κ3) is 3.27. The minimum atomic E-state index is -0.00613. The molecule has 0 saturated heterocycles. The van der Waals surface area contributed by atoms with Crippen molar-refractivity contribution >= 4 is 5.91 Å². The number of aromatic nitrogens is 1. The maximum atomic E-state index is 12.2. The molecule has 2 aromatic rings. The summed E-state index contributed by atoms with van der Waals surface area (Å²) in [5.74, 6) is 0.835. The molecule has 0 unspecified atom stereocenters. The average Bonchev–Trinajstić information content (AvgIpc) is 2.51. The molecular formula is C18H20N2O2. The van der Waals surface area contributed by atoms with Gasteiger partial charge in [-0.1, -0.05) is 18.2 Å². The first-order valence-electron chi connectivity index (χ1n) is 7.64. The monoisotopic (exact) mass is 296 g/mol. The van der Waals surface area contributed by atoms with Crippen LogP contribution in [-0.2, 0) is 6.42 Å². The van der Waals surface area contributed by atoms with Gasteiger partial charge in [-0.05, 0) is 37.5 Å². The lowest BCUT2D eigenvalue weighted by atomic mass is 9.93. The van der Waals surface area contributed by atoms with E-state index in [4.69, 9.17) is 4.74 Å². The summed E-state index contributed by atoms with van der Waals surface area (Å²) in [5.41, 5.74) is 2.60. The van der Waals surface area contributed by atoms with Crippen LogP contribution in [0.1, 0.15) is 40.9 Å². The Kier molecular flexibility index (Phi) is 4.37. The zero-order chi connectivity index (χ0) is 15.4. The summed E-state index contributed by atoms with van der Waals surface area (Å²) < 4.78 is 5.36. The molecule has 114 valence electrons. The lowest BCUT2D eigenvalue weighted by Crippen LogP contribution is -2.39. The first-order valence-corrected chi connectivity index (χ1v) is 7.64. The van der Waals surface area contributed by atoms with Gasteiger partial charge in [0.15, 0.2) is 0 Å². The Morgan fingerprint density at radius 3 is 2.86 bits per heavy atom. The lowest BCUT2D eigenvalue weighted by molar-refractivity contribution is 0.0916. The molecular weight excluding hydrogens is 276 g/mol. The smallest absolute Gasteiger partial charge is 0.251 e. The Morgan fingerprint density at radius 2 is 2.14 bits per heavy atom. The highest BCUT2D eigenvalue weighted by Gasteiger charge is 2.20. The van der Waals surface area contributed by atoms with Gasteiger partial charge in [0, 0.05) is 35.5 Å². The molecule has 4 nitrogen and oxygen atoms in total. The normalized spacial score (nSPS) is 14.2. The van der Waals surface area contributed by atoms with Crippen LogP contribution in [0.25, 0.3) is 0 Å². The van der Waals surface area contributed by atoms with E-state index in [9.17, 15) is 4.79 Å². The molecule has 1 aliphatic rings. The fourth-order valence-corrected chi connectivity index (χ4v) is 2.58. The van der Waals surface area contributed by atoms with Crippen LogP contribution in [0.3, 0.4) is 0 Å². The van der Waals surface area contributed by atoms with Crippen LogP contribution in [0.5, 0.6) is 5.75 Å². The highest BCUT2D eigenvalue weighted by molar-refractivity contribution is 5.94. The molecule has 1 aromatic carbocycles. The summed E-state index contributed by atoms with van der Waals surface area (Å²) >= 11 is 0. The number of para-hydroxylation sites is 1. The van der Waals surface area contributed by atoms with E-state index >= 15 is 0 Å². The molecule has 22 heavy (non-hydrogen) atoms. The molecule has 1 saturated carbocycles. The zero-order valence-corrected chi connectivity index (χ0v) is 12.7. The maximum absolute atomic E-state index is 12.2. The second kappa shape index (κ2) is 6.60. The van der Waals surface area contributed by atoms with Gasteiger partial charge in [-0.2, -0.15) is 0 Å². The van der Waals surface area contributed by atoms with E-state index in [1.165, 1.54) is 6.42 Å². The molecule has 1 aromatic heterocycles. The number of methoxy groups -OCH3 is 1. The van der Waals surface area contributed by atoms with Gasteiger partial charge in [-0.25, -0.2) is 0 Å². The summed E-state index contributed by atoms with van der Waals surface area (Å²) in [6.45, 7) is 0. The number of amides is 1. The molecule has 1 aliphatic carbocycles. The average molecular weight is 296 g/mol. The number of carbonyl (C=O) groups excluding carboxylic acids is 1. The van der Waals surface area contributed by atoms with Crippen molar-refractivity contribution in [3.63, 3.8) is 0 Å². The van der Waals surface area contributed by atoms with E-state index in [-0.39, 0.29) is 5.91 Å². The van der Waals surface area contributed by atoms with Crippen molar-refractivity contribution in [2.45, 2.75) is 31.7 Å². The summed E-state index contributed by atoms with van der Waals surface area (Å²) in [6.07, 6.45) is 5.73. The Hall–Kier alpha value is -2.36. The number of carbonyl (C=O) groups is 1. The van der Waals surface area contributed by atoms with E-state index in [0.29, 0.717) is 18.0 Å². The predicted octanol–water partition coefficient (Wildman–Crippen LogP) is 2.96. The molecule has 1 fully saturated rings. The Morgan fingerprint density at radius 1 is 1.32 bits per heavy atom. The number of nitrogens with zero attached hydrogens (tertiary/aromatic N) is 1. The van der Waals surface area contributed by atoms with E-state index in [2.05, 4.69) is 10.3 Å². The quantitative estimate of drug-likeness (QED) is 0.923.